The molecule has 0 amide bonds. The molecule has 0 saturated heterocycles. The first kappa shape index (κ1) is 11.6. The van der Waals surface area contributed by atoms with Crippen LogP contribution < -0.4 is 5.32 Å². The predicted octanol–water partition coefficient (Wildman–Crippen LogP) is 2.74. The number of nitrogens with zero attached hydrogens (tertiary/aromatic N) is 2. The summed E-state index contributed by atoms with van der Waals surface area (Å²) in [5.41, 5.74) is 1.30. The van der Waals surface area contributed by atoms with E-state index in [2.05, 4.69) is 37.4 Å². The highest BCUT2D eigenvalue weighted by Gasteiger charge is 2.20. The quantitative estimate of drug-likeness (QED) is 0.847. The summed E-state index contributed by atoms with van der Waals surface area (Å²) >= 11 is 0. The molecule has 16 heavy (non-hydrogen) atoms. The van der Waals surface area contributed by atoms with Crippen molar-refractivity contribution in [2.75, 3.05) is 0 Å². The third-order valence-electron chi connectivity index (χ3n) is 3.47. The molecule has 0 aliphatic heterocycles. The van der Waals surface area contributed by atoms with Gasteiger partial charge in [0.15, 0.2) is 0 Å². The number of nitrogens with one attached hydrogen (secondary N) is 1. The van der Waals surface area contributed by atoms with Gasteiger partial charge in [-0.3, -0.25) is 4.68 Å². The molecule has 2 unspecified atom stereocenters. The second-order valence-electron chi connectivity index (χ2n) is 5.42. The van der Waals surface area contributed by atoms with Crippen molar-refractivity contribution < 1.29 is 0 Å². The van der Waals surface area contributed by atoms with Gasteiger partial charge in [-0.05, 0) is 39.0 Å². The van der Waals surface area contributed by atoms with Crippen molar-refractivity contribution in [1.82, 2.24) is 15.1 Å². The van der Waals surface area contributed by atoms with Gasteiger partial charge in [0.05, 0.1) is 6.20 Å². The van der Waals surface area contributed by atoms with Crippen molar-refractivity contribution in [2.24, 2.45) is 5.92 Å². The Hall–Kier alpha value is -0.830. The molecular formula is C13H23N3. The van der Waals surface area contributed by atoms with Crippen LogP contribution >= 0.6 is 0 Å². The highest BCUT2D eigenvalue weighted by atomic mass is 15.3. The number of rotatable bonds is 4. The van der Waals surface area contributed by atoms with Gasteiger partial charge in [-0.15, -0.1) is 0 Å². The molecule has 1 aromatic rings. The highest BCUT2D eigenvalue weighted by molar-refractivity contribution is 5.04. The Morgan fingerprint density at radius 1 is 1.50 bits per heavy atom. The molecule has 3 heteroatoms. The van der Waals surface area contributed by atoms with Crippen molar-refractivity contribution in [3.8, 4) is 0 Å². The summed E-state index contributed by atoms with van der Waals surface area (Å²) in [6.07, 6.45) is 8.17. The normalized spacial score (nSPS) is 25.5. The van der Waals surface area contributed by atoms with E-state index in [1.54, 1.807) is 0 Å². The highest BCUT2D eigenvalue weighted by Crippen LogP contribution is 2.24. The average molecular weight is 221 g/mol. The third-order valence-corrected chi connectivity index (χ3v) is 3.47. The molecule has 1 aliphatic rings. The van der Waals surface area contributed by atoms with Crippen LogP contribution in [-0.4, -0.2) is 15.8 Å². The van der Waals surface area contributed by atoms with Crippen molar-refractivity contribution >= 4 is 0 Å². The largest absolute Gasteiger partial charge is 0.310 e. The van der Waals surface area contributed by atoms with E-state index in [0.717, 1.165) is 18.5 Å². The van der Waals surface area contributed by atoms with Gasteiger partial charge < -0.3 is 5.32 Å². The summed E-state index contributed by atoms with van der Waals surface area (Å²) in [4.78, 5) is 0. The lowest BCUT2D eigenvalue weighted by molar-refractivity contribution is 0.500. The molecule has 1 fully saturated rings. The minimum Gasteiger partial charge on any atom is -0.310 e. The Morgan fingerprint density at radius 3 is 2.88 bits per heavy atom. The van der Waals surface area contributed by atoms with Crippen LogP contribution in [0.4, 0.5) is 0 Å². The maximum Gasteiger partial charge on any atom is 0.0534 e. The van der Waals surface area contributed by atoms with Gasteiger partial charge in [-0.25, -0.2) is 0 Å². The Kier molecular flexibility index (Phi) is 3.64. The van der Waals surface area contributed by atoms with E-state index in [1.807, 2.05) is 10.9 Å². The minimum atomic E-state index is 0.459. The van der Waals surface area contributed by atoms with Crippen LogP contribution in [0.15, 0.2) is 12.4 Å². The van der Waals surface area contributed by atoms with E-state index in [9.17, 15) is 0 Å². The molecule has 0 bridgehead atoms. The summed E-state index contributed by atoms with van der Waals surface area (Å²) < 4.78 is 2.02. The second-order valence-corrected chi connectivity index (χ2v) is 5.42. The zero-order valence-electron chi connectivity index (χ0n) is 10.6. The van der Waals surface area contributed by atoms with E-state index >= 15 is 0 Å². The molecule has 1 saturated carbocycles. The van der Waals surface area contributed by atoms with E-state index in [-0.39, 0.29) is 0 Å². The fraction of sp³-hybridized carbons (Fsp3) is 0.769. The van der Waals surface area contributed by atoms with Crippen molar-refractivity contribution in [1.29, 1.82) is 0 Å². The predicted molar refractivity (Wildman–Crippen MR) is 66.3 cm³/mol. The van der Waals surface area contributed by atoms with Crippen LogP contribution in [0.2, 0.25) is 0 Å². The molecule has 2 atom stereocenters. The van der Waals surface area contributed by atoms with Gasteiger partial charge in [0.1, 0.15) is 0 Å². The van der Waals surface area contributed by atoms with Crippen LogP contribution in [0.25, 0.3) is 0 Å². The first-order chi connectivity index (χ1) is 7.65. The molecule has 1 heterocycles. The van der Waals surface area contributed by atoms with Gasteiger partial charge in [0, 0.05) is 30.4 Å². The van der Waals surface area contributed by atoms with Crippen LogP contribution in [0.1, 0.15) is 51.6 Å². The first-order valence-electron chi connectivity index (χ1n) is 6.41. The van der Waals surface area contributed by atoms with Gasteiger partial charge in [-0.1, -0.05) is 6.92 Å². The van der Waals surface area contributed by atoms with Crippen LogP contribution in [-0.2, 0) is 6.54 Å². The minimum absolute atomic E-state index is 0.459. The Morgan fingerprint density at radius 2 is 2.31 bits per heavy atom. The SMILES string of the molecule is CC1CCC(NCc2cnn(C(C)C)c2)C1. The van der Waals surface area contributed by atoms with Crippen molar-refractivity contribution in [3.05, 3.63) is 18.0 Å². The Balaban J connectivity index is 1.80. The molecule has 2 rings (SSSR count). The lowest BCUT2D eigenvalue weighted by Crippen LogP contribution is -2.25. The van der Waals surface area contributed by atoms with Crippen LogP contribution in [0, 0.1) is 5.92 Å². The molecule has 1 aromatic heterocycles. The first-order valence-corrected chi connectivity index (χ1v) is 6.41. The van der Waals surface area contributed by atoms with E-state index in [1.165, 1.54) is 24.8 Å². The summed E-state index contributed by atoms with van der Waals surface area (Å²) in [5, 5.41) is 7.98. The molecule has 0 spiro atoms. The molecular weight excluding hydrogens is 198 g/mol. The fourth-order valence-electron chi connectivity index (χ4n) is 2.41. The fourth-order valence-corrected chi connectivity index (χ4v) is 2.41. The van der Waals surface area contributed by atoms with Gasteiger partial charge in [0.25, 0.3) is 0 Å². The molecule has 90 valence electrons. The molecule has 0 aromatic carbocycles. The second kappa shape index (κ2) is 5.00. The molecule has 1 aliphatic carbocycles. The zero-order valence-corrected chi connectivity index (χ0v) is 10.6. The topological polar surface area (TPSA) is 29.9 Å². The maximum absolute atomic E-state index is 4.35. The lowest BCUT2D eigenvalue weighted by Gasteiger charge is -2.11. The van der Waals surface area contributed by atoms with Crippen molar-refractivity contribution in [2.45, 2.75) is 58.7 Å². The third kappa shape index (κ3) is 2.85. The monoisotopic (exact) mass is 221 g/mol. The summed E-state index contributed by atoms with van der Waals surface area (Å²) in [5.74, 6) is 0.899. The molecule has 3 nitrogen and oxygen atoms in total. The average Bonchev–Trinajstić information content (AvgIpc) is 2.83. The Bertz CT molecular complexity index is 330. The van der Waals surface area contributed by atoms with Gasteiger partial charge >= 0.3 is 0 Å². The molecule has 1 N–H and O–H groups in total. The maximum atomic E-state index is 4.35. The van der Waals surface area contributed by atoms with Gasteiger partial charge in [-0.2, -0.15) is 5.10 Å². The zero-order chi connectivity index (χ0) is 11.5. The number of hydrogen-bond donors (Lipinski definition) is 1. The van der Waals surface area contributed by atoms with E-state index in [0.29, 0.717) is 6.04 Å². The van der Waals surface area contributed by atoms with Crippen LogP contribution in [0.3, 0.4) is 0 Å². The molecule has 0 radical (unpaired) electrons. The summed E-state index contributed by atoms with van der Waals surface area (Å²) in [6, 6.07) is 1.18. The van der Waals surface area contributed by atoms with E-state index in [4.69, 9.17) is 0 Å². The Labute approximate surface area is 98.2 Å². The number of hydrogen-bond acceptors (Lipinski definition) is 2. The summed E-state index contributed by atoms with van der Waals surface area (Å²) in [6.45, 7) is 7.62. The number of aromatic nitrogens is 2. The summed E-state index contributed by atoms with van der Waals surface area (Å²) in [7, 11) is 0. The van der Waals surface area contributed by atoms with Crippen LogP contribution in [0.5, 0.6) is 0 Å². The smallest absolute Gasteiger partial charge is 0.0534 e. The van der Waals surface area contributed by atoms with E-state index < -0.39 is 0 Å². The van der Waals surface area contributed by atoms with Crippen molar-refractivity contribution in [3.63, 3.8) is 0 Å². The van der Waals surface area contributed by atoms with Gasteiger partial charge in [0.2, 0.25) is 0 Å². The lowest BCUT2D eigenvalue weighted by atomic mass is 10.1. The standard InChI is InChI=1S/C13H23N3/c1-10(2)16-9-12(8-15-16)7-14-13-5-4-11(3)6-13/h8-11,13-14H,4-7H2,1-3H3.